The summed E-state index contributed by atoms with van der Waals surface area (Å²) in [5.74, 6) is -0.135. The van der Waals surface area contributed by atoms with Crippen molar-refractivity contribution in [3.05, 3.63) is 65.2 Å². The molecule has 2 aromatic carbocycles. The summed E-state index contributed by atoms with van der Waals surface area (Å²) in [5, 5.41) is 2.98. The lowest BCUT2D eigenvalue weighted by Crippen LogP contribution is -2.44. The van der Waals surface area contributed by atoms with E-state index < -0.39 is 16.1 Å². The van der Waals surface area contributed by atoms with Gasteiger partial charge in [-0.2, -0.15) is 4.31 Å². The number of benzene rings is 2. The lowest BCUT2D eigenvalue weighted by atomic mass is 9.92. The summed E-state index contributed by atoms with van der Waals surface area (Å²) in [6.07, 6.45) is 0.738. The molecule has 7 nitrogen and oxygen atoms in total. The number of hydrogen-bond acceptors (Lipinski definition) is 5. The van der Waals surface area contributed by atoms with Crippen molar-refractivity contribution < 1.29 is 17.9 Å². The topological polar surface area (TPSA) is 79.0 Å². The van der Waals surface area contributed by atoms with Gasteiger partial charge in [-0.05, 0) is 36.6 Å². The predicted molar refractivity (Wildman–Crippen MR) is 123 cm³/mol. The molecule has 2 aliphatic rings. The maximum atomic E-state index is 13.5. The minimum atomic E-state index is -3.72. The molecule has 1 unspecified atom stereocenters. The molecule has 0 bridgehead atoms. The van der Waals surface area contributed by atoms with Gasteiger partial charge < -0.3 is 10.1 Å². The highest BCUT2D eigenvalue weighted by molar-refractivity contribution is 7.89. The maximum absolute atomic E-state index is 13.5. The van der Waals surface area contributed by atoms with Crippen molar-refractivity contribution in [1.29, 1.82) is 0 Å². The minimum absolute atomic E-state index is 0.102. The summed E-state index contributed by atoms with van der Waals surface area (Å²) < 4.78 is 33.9. The molecule has 0 aliphatic carbocycles. The van der Waals surface area contributed by atoms with Gasteiger partial charge in [0.1, 0.15) is 0 Å². The predicted octanol–water partition coefficient (Wildman–Crippen LogP) is 2.12. The van der Waals surface area contributed by atoms with E-state index in [1.54, 1.807) is 24.3 Å². The van der Waals surface area contributed by atoms with Gasteiger partial charge in [0.2, 0.25) is 15.9 Å². The van der Waals surface area contributed by atoms with E-state index in [1.165, 1.54) is 4.31 Å². The van der Waals surface area contributed by atoms with Crippen LogP contribution in [0.1, 0.15) is 29.2 Å². The van der Waals surface area contributed by atoms with Gasteiger partial charge in [0, 0.05) is 39.1 Å². The zero-order valence-corrected chi connectivity index (χ0v) is 19.3. The first-order valence-corrected chi connectivity index (χ1v) is 12.6. The first-order valence-electron chi connectivity index (χ1n) is 11.2. The van der Waals surface area contributed by atoms with Gasteiger partial charge in [0.25, 0.3) is 0 Å². The van der Waals surface area contributed by atoms with E-state index in [4.69, 9.17) is 4.74 Å². The maximum Gasteiger partial charge on any atom is 0.243 e. The third kappa shape index (κ3) is 5.20. The number of rotatable bonds is 7. The molecule has 1 amide bonds. The van der Waals surface area contributed by atoms with E-state index in [-0.39, 0.29) is 17.2 Å². The molecule has 1 N–H and O–H groups in total. The summed E-state index contributed by atoms with van der Waals surface area (Å²) >= 11 is 0. The highest BCUT2D eigenvalue weighted by Crippen LogP contribution is 2.36. The van der Waals surface area contributed by atoms with Crippen LogP contribution in [0.15, 0.2) is 53.4 Å². The molecule has 1 saturated heterocycles. The van der Waals surface area contributed by atoms with E-state index in [2.05, 4.69) is 10.2 Å². The molecule has 0 aromatic heterocycles. The van der Waals surface area contributed by atoms with Crippen LogP contribution in [0, 0.1) is 6.92 Å². The number of hydrogen-bond donors (Lipinski definition) is 1. The number of carbonyl (C=O) groups is 1. The molecule has 0 saturated carbocycles. The minimum Gasteiger partial charge on any atom is -0.379 e. The number of amides is 1. The van der Waals surface area contributed by atoms with Crippen LogP contribution in [0.3, 0.4) is 0 Å². The zero-order valence-electron chi connectivity index (χ0n) is 18.5. The molecule has 0 radical (unpaired) electrons. The fraction of sp³-hybridized carbons (Fsp3) is 0.458. The smallest absolute Gasteiger partial charge is 0.243 e. The third-order valence-electron chi connectivity index (χ3n) is 6.22. The van der Waals surface area contributed by atoms with Gasteiger partial charge in [0.15, 0.2) is 0 Å². The highest BCUT2D eigenvalue weighted by atomic mass is 32.2. The molecule has 2 aromatic rings. The zero-order chi connectivity index (χ0) is 22.6. The van der Waals surface area contributed by atoms with Crippen LogP contribution in [0.4, 0.5) is 0 Å². The largest absolute Gasteiger partial charge is 0.379 e. The molecular weight excluding hydrogens is 426 g/mol. The van der Waals surface area contributed by atoms with E-state index in [0.717, 1.165) is 49.5 Å². The summed E-state index contributed by atoms with van der Waals surface area (Å²) in [5.41, 5.74) is 3.02. The average Bonchev–Trinajstić information content (AvgIpc) is 2.80. The van der Waals surface area contributed by atoms with Gasteiger partial charge in [-0.3, -0.25) is 9.69 Å². The van der Waals surface area contributed by atoms with Gasteiger partial charge >= 0.3 is 0 Å². The number of nitrogens with zero attached hydrogens (tertiary/aromatic N) is 2. The fourth-order valence-electron chi connectivity index (χ4n) is 4.40. The van der Waals surface area contributed by atoms with E-state index in [1.807, 2.05) is 31.2 Å². The first kappa shape index (κ1) is 22.9. The molecule has 4 rings (SSSR count). The lowest BCUT2D eigenvalue weighted by molar-refractivity contribution is -0.122. The monoisotopic (exact) mass is 457 g/mol. The number of fused-ring (bicyclic) bond motifs is 1. The SMILES string of the molecule is Cc1ccc(S(=O)(=O)N2CCc3ccccc3C2CC(=O)NCCN2CCOCC2)cc1. The number of nitrogens with one attached hydrogen (secondary N) is 1. The second-order valence-corrected chi connectivity index (χ2v) is 10.3. The molecular formula is C24H31N3O4S. The van der Waals surface area contributed by atoms with Crippen LogP contribution in [-0.4, -0.2) is 69.5 Å². The number of aryl methyl sites for hydroxylation is 1. The molecule has 2 aliphatic heterocycles. The standard InChI is InChI=1S/C24H31N3O4S/c1-19-6-8-21(9-7-19)32(29,30)27-12-10-20-4-2-3-5-22(20)23(27)18-24(28)25-11-13-26-14-16-31-17-15-26/h2-9,23H,10-18H2,1H3,(H,25,28). The number of carbonyl (C=O) groups excluding carboxylic acids is 1. The van der Waals surface area contributed by atoms with Crippen molar-refractivity contribution in [2.24, 2.45) is 0 Å². The molecule has 8 heteroatoms. The summed E-state index contributed by atoms with van der Waals surface area (Å²) in [6, 6.07) is 14.2. The van der Waals surface area contributed by atoms with Crippen molar-refractivity contribution >= 4 is 15.9 Å². The molecule has 2 heterocycles. The molecule has 1 atom stereocenters. The Balaban J connectivity index is 1.50. The number of sulfonamides is 1. The summed E-state index contributed by atoms with van der Waals surface area (Å²) in [7, 11) is -3.72. The Morgan fingerprint density at radius 2 is 1.78 bits per heavy atom. The molecule has 1 fully saturated rings. The van der Waals surface area contributed by atoms with Crippen LogP contribution in [0.25, 0.3) is 0 Å². The lowest BCUT2D eigenvalue weighted by Gasteiger charge is -2.36. The van der Waals surface area contributed by atoms with Crippen LogP contribution < -0.4 is 5.32 Å². The molecule has 0 spiro atoms. The van der Waals surface area contributed by atoms with Gasteiger partial charge in [-0.1, -0.05) is 42.0 Å². The van der Waals surface area contributed by atoms with Gasteiger partial charge in [0.05, 0.1) is 24.2 Å². The van der Waals surface area contributed by atoms with Crippen molar-refractivity contribution in [1.82, 2.24) is 14.5 Å². The Morgan fingerprint density at radius 1 is 1.06 bits per heavy atom. The Bertz CT molecular complexity index is 1030. The molecule has 32 heavy (non-hydrogen) atoms. The Morgan fingerprint density at radius 3 is 2.53 bits per heavy atom. The third-order valence-corrected chi connectivity index (χ3v) is 8.15. The second kappa shape index (κ2) is 10.1. The molecule has 172 valence electrons. The van der Waals surface area contributed by atoms with E-state index in [9.17, 15) is 13.2 Å². The number of ether oxygens (including phenoxy) is 1. The highest BCUT2D eigenvalue weighted by Gasteiger charge is 2.37. The summed E-state index contributed by atoms with van der Waals surface area (Å²) in [4.78, 5) is 15.4. The van der Waals surface area contributed by atoms with Crippen LogP contribution in [0.2, 0.25) is 0 Å². The van der Waals surface area contributed by atoms with Gasteiger partial charge in [-0.25, -0.2) is 8.42 Å². The van der Waals surface area contributed by atoms with Crippen molar-refractivity contribution in [3.8, 4) is 0 Å². The van der Waals surface area contributed by atoms with Gasteiger partial charge in [-0.15, -0.1) is 0 Å². The van der Waals surface area contributed by atoms with E-state index >= 15 is 0 Å². The van der Waals surface area contributed by atoms with Crippen molar-refractivity contribution in [2.75, 3.05) is 45.9 Å². The normalized spacial score (nSPS) is 20.0. The average molecular weight is 458 g/mol. The fourth-order valence-corrected chi connectivity index (χ4v) is 6.01. The summed E-state index contributed by atoms with van der Waals surface area (Å²) in [6.45, 7) is 6.77. The number of morpholine rings is 1. The Hall–Kier alpha value is -2.26. The van der Waals surface area contributed by atoms with Crippen LogP contribution in [0.5, 0.6) is 0 Å². The Labute approximate surface area is 190 Å². The Kier molecular flexibility index (Phi) is 7.25. The van der Waals surface area contributed by atoms with Crippen LogP contribution >= 0.6 is 0 Å². The van der Waals surface area contributed by atoms with Crippen LogP contribution in [-0.2, 0) is 26.0 Å². The van der Waals surface area contributed by atoms with E-state index in [0.29, 0.717) is 19.5 Å². The quantitative estimate of drug-likeness (QED) is 0.689. The second-order valence-electron chi connectivity index (χ2n) is 8.40. The first-order chi connectivity index (χ1) is 15.4. The van der Waals surface area contributed by atoms with Crippen molar-refractivity contribution in [2.45, 2.75) is 30.7 Å². The van der Waals surface area contributed by atoms with Crippen molar-refractivity contribution in [3.63, 3.8) is 0 Å².